The van der Waals surface area contributed by atoms with Crippen LogP contribution in [-0.2, 0) is 11.2 Å². The van der Waals surface area contributed by atoms with Gasteiger partial charge in [-0.1, -0.05) is 29.8 Å². The van der Waals surface area contributed by atoms with Crippen molar-refractivity contribution in [3.63, 3.8) is 0 Å². The average molecular weight is 286 g/mol. The number of carbonyl (C=O) groups is 1. The lowest BCUT2D eigenvalue weighted by Crippen LogP contribution is -2.44. The number of aryl methyl sites for hydroxylation is 2. The van der Waals surface area contributed by atoms with Crippen LogP contribution in [0.1, 0.15) is 36.8 Å². The first kappa shape index (κ1) is 14.6. The highest BCUT2D eigenvalue weighted by Gasteiger charge is 2.37. The van der Waals surface area contributed by atoms with Gasteiger partial charge in [-0.05, 0) is 50.1 Å². The summed E-state index contributed by atoms with van der Waals surface area (Å²) >= 11 is 0. The standard InChI is InChI=1S/C18H26N2O/c1-15-2-4-16(5-3-15)6-7-17(21)20-12-9-18(10-13-20)8-11-19-14-18/h2-5,19H,6-14H2,1H3. The molecule has 1 amide bonds. The quantitative estimate of drug-likeness (QED) is 0.926. The predicted octanol–water partition coefficient (Wildman–Crippen LogP) is 2.53. The topological polar surface area (TPSA) is 32.3 Å². The summed E-state index contributed by atoms with van der Waals surface area (Å²) in [6.07, 6.45) is 5.15. The molecule has 0 bridgehead atoms. The summed E-state index contributed by atoms with van der Waals surface area (Å²) < 4.78 is 0. The summed E-state index contributed by atoms with van der Waals surface area (Å²) in [6.45, 7) is 6.30. The molecule has 2 fully saturated rings. The van der Waals surface area contributed by atoms with Crippen molar-refractivity contribution in [2.45, 2.75) is 39.0 Å². The lowest BCUT2D eigenvalue weighted by Gasteiger charge is -2.39. The van der Waals surface area contributed by atoms with E-state index in [9.17, 15) is 4.79 Å². The highest BCUT2D eigenvalue weighted by Crippen LogP contribution is 2.36. The lowest BCUT2D eigenvalue weighted by molar-refractivity contribution is -0.133. The van der Waals surface area contributed by atoms with Gasteiger partial charge in [-0.25, -0.2) is 0 Å². The van der Waals surface area contributed by atoms with E-state index in [0.717, 1.165) is 32.6 Å². The average Bonchev–Trinajstić information content (AvgIpc) is 2.95. The molecule has 3 heteroatoms. The Morgan fingerprint density at radius 2 is 1.90 bits per heavy atom. The van der Waals surface area contributed by atoms with Gasteiger partial charge in [0.25, 0.3) is 0 Å². The highest BCUT2D eigenvalue weighted by atomic mass is 16.2. The zero-order valence-corrected chi connectivity index (χ0v) is 13.0. The second kappa shape index (κ2) is 6.18. The van der Waals surface area contributed by atoms with Crippen molar-refractivity contribution >= 4 is 5.91 Å². The van der Waals surface area contributed by atoms with Gasteiger partial charge in [0.1, 0.15) is 0 Å². The number of piperidine rings is 1. The summed E-state index contributed by atoms with van der Waals surface area (Å²) in [5, 5.41) is 3.47. The van der Waals surface area contributed by atoms with Gasteiger partial charge in [0.05, 0.1) is 0 Å². The SMILES string of the molecule is Cc1ccc(CCC(=O)N2CCC3(CCNC3)CC2)cc1. The summed E-state index contributed by atoms with van der Waals surface area (Å²) in [5.41, 5.74) is 3.03. The van der Waals surface area contributed by atoms with E-state index in [1.807, 2.05) is 0 Å². The van der Waals surface area contributed by atoms with Crippen molar-refractivity contribution in [3.8, 4) is 0 Å². The first-order valence-electron chi connectivity index (χ1n) is 8.21. The van der Waals surface area contributed by atoms with Crippen LogP contribution in [0, 0.1) is 12.3 Å². The van der Waals surface area contributed by atoms with Gasteiger partial charge in [-0.3, -0.25) is 4.79 Å². The monoisotopic (exact) mass is 286 g/mol. The van der Waals surface area contributed by atoms with Crippen molar-refractivity contribution in [1.82, 2.24) is 10.2 Å². The van der Waals surface area contributed by atoms with Gasteiger partial charge in [-0.2, -0.15) is 0 Å². The molecule has 1 spiro atoms. The van der Waals surface area contributed by atoms with Crippen LogP contribution in [0.3, 0.4) is 0 Å². The number of nitrogens with zero attached hydrogens (tertiary/aromatic N) is 1. The Balaban J connectivity index is 1.47. The smallest absolute Gasteiger partial charge is 0.222 e. The third-order valence-electron chi connectivity index (χ3n) is 5.26. The molecular weight excluding hydrogens is 260 g/mol. The molecule has 2 aliphatic rings. The minimum Gasteiger partial charge on any atom is -0.343 e. The third-order valence-corrected chi connectivity index (χ3v) is 5.26. The van der Waals surface area contributed by atoms with Crippen molar-refractivity contribution in [1.29, 1.82) is 0 Å². The van der Waals surface area contributed by atoms with E-state index in [1.54, 1.807) is 0 Å². The summed E-state index contributed by atoms with van der Waals surface area (Å²) in [6, 6.07) is 8.52. The zero-order chi connectivity index (χ0) is 14.7. The fourth-order valence-electron chi connectivity index (χ4n) is 3.62. The molecule has 3 rings (SSSR count). The maximum atomic E-state index is 12.4. The number of rotatable bonds is 3. The van der Waals surface area contributed by atoms with Crippen LogP contribution in [0.25, 0.3) is 0 Å². The zero-order valence-electron chi connectivity index (χ0n) is 13.0. The van der Waals surface area contributed by atoms with E-state index in [0.29, 0.717) is 17.7 Å². The highest BCUT2D eigenvalue weighted by molar-refractivity contribution is 5.76. The minimum absolute atomic E-state index is 0.330. The van der Waals surface area contributed by atoms with E-state index in [1.165, 1.54) is 30.4 Å². The summed E-state index contributed by atoms with van der Waals surface area (Å²) in [7, 11) is 0. The third kappa shape index (κ3) is 3.46. The lowest BCUT2D eigenvalue weighted by atomic mass is 9.78. The van der Waals surface area contributed by atoms with Gasteiger partial charge in [0.15, 0.2) is 0 Å². The number of amides is 1. The summed E-state index contributed by atoms with van der Waals surface area (Å²) in [5.74, 6) is 0.330. The fourth-order valence-corrected chi connectivity index (χ4v) is 3.62. The Hall–Kier alpha value is -1.35. The number of likely N-dealkylation sites (tertiary alicyclic amines) is 1. The normalized spacial score (nSPS) is 20.9. The van der Waals surface area contributed by atoms with Crippen LogP contribution in [0.5, 0.6) is 0 Å². The second-order valence-electron chi connectivity index (χ2n) is 6.79. The van der Waals surface area contributed by atoms with Gasteiger partial charge in [-0.15, -0.1) is 0 Å². The van der Waals surface area contributed by atoms with Crippen molar-refractivity contribution in [2.75, 3.05) is 26.2 Å². The largest absolute Gasteiger partial charge is 0.343 e. The molecule has 0 unspecified atom stereocenters. The maximum absolute atomic E-state index is 12.4. The number of carbonyl (C=O) groups excluding carboxylic acids is 1. The van der Waals surface area contributed by atoms with Crippen LogP contribution in [-0.4, -0.2) is 37.0 Å². The fraction of sp³-hybridized carbons (Fsp3) is 0.611. The molecule has 21 heavy (non-hydrogen) atoms. The first-order chi connectivity index (χ1) is 10.2. The molecule has 114 valence electrons. The molecule has 0 saturated carbocycles. The molecule has 3 nitrogen and oxygen atoms in total. The Labute approximate surface area is 127 Å². The Morgan fingerprint density at radius 3 is 2.52 bits per heavy atom. The van der Waals surface area contributed by atoms with Crippen LogP contribution < -0.4 is 5.32 Å². The molecule has 2 aliphatic heterocycles. The number of hydrogen-bond donors (Lipinski definition) is 1. The van der Waals surface area contributed by atoms with E-state index < -0.39 is 0 Å². The molecule has 0 atom stereocenters. The molecule has 1 aromatic rings. The van der Waals surface area contributed by atoms with Gasteiger partial charge in [0, 0.05) is 26.1 Å². The molecule has 2 heterocycles. The molecule has 0 aliphatic carbocycles. The van der Waals surface area contributed by atoms with Crippen LogP contribution >= 0.6 is 0 Å². The summed E-state index contributed by atoms with van der Waals surface area (Å²) in [4.78, 5) is 14.4. The van der Waals surface area contributed by atoms with Gasteiger partial charge < -0.3 is 10.2 Å². The Bertz CT molecular complexity index is 478. The molecule has 2 saturated heterocycles. The molecule has 1 aromatic carbocycles. The number of nitrogens with one attached hydrogen (secondary N) is 1. The minimum atomic E-state index is 0.330. The van der Waals surface area contributed by atoms with Crippen LogP contribution in [0.15, 0.2) is 24.3 Å². The Kier molecular flexibility index (Phi) is 4.29. The number of hydrogen-bond acceptors (Lipinski definition) is 2. The second-order valence-corrected chi connectivity index (χ2v) is 6.79. The van der Waals surface area contributed by atoms with Crippen molar-refractivity contribution in [2.24, 2.45) is 5.41 Å². The first-order valence-corrected chi connectivity index (χ1v) is 8.21. The van der Waals surface area contributed by atoms with E-state index >= 15 is 0 Å². The van der Waals surface area contributed by atoms with Crippen LogP contribution in [0.4, 0.5) is 0 Å². The van der Waals surface area contributed by atoms with Gasteiger partial charge >= 0.3 is 0 Å². The predicted molar refractivity (Wildman–Crippen MR) is 85.2 cm³/mol. The Morgan fingerprint density at radius 1 is 1.19 bits per heavy atom. The number of benzene rings is 1. The van der Waals surface area contributed by atoms with E-state index in [-0.39, 0.29) is 0 Å². The molecular formula is C18H26N2O. The van der Waals surface area contributed by atoms with Crippen molar-refractivity contribution in [3.05, 3.63) is 35.4 Å². The van der Waals surface area contributed by atoms with Crippen molar-refractivity contribution < 1.29 is 4.79 Å². The maximum Gasteiger partial charge on any atom is 0.222 e. The molecule has 0 radical (unpaired) electrons. The molecule has 1 N–H and O–H groups in total. The molecule has 0 aromatic heterocycles. The van der Waals surface area contributed by atoms with Crippen LogP contribution in [0.2, 0.25) is 0 Å². The van der Waals surface area contributed by atoms with E-state index in [2.05, 4.69) is 41.4 Å². The van der Waals surface area contributed by atoms with E-state index in [4.69, 9.17) is 0 Å². The van der Waals surface area contributed by atoms with Gasteiger partial charge in [0.2, 0.25) is 5.91 Å².